The molecule has 1 amide bonds. The number of anilines is 1. The standard InChI is InChI=1S/C22H24N2O4/c1-27-20-9-8-18(11-21(20)28-14-15-4-2-3-5-15)24-13-17-7-6-16(12-23-26)10-19(17)22(24)25/h6-12,15,26H,2-5,13-14H2,1H3. The second-order valence-electron chi connectivity index (χ2n) is 7.35. The van der Waals surface area contributed by atoms with Crippen molar-refractivity contribution >= 4 is 17.8 Å². The lowest BCUT2D eigenvalue weighted by Crippen LogP contribution is -2.23. The molecule has 6 nitrogen and oxygen atoms in total. The highest BCUT2D eigenvalue weighted by Crippen LogP contribution is 2.36. The Balaban J connectivity index is 1.56. The van der Waals surface area contributed by atoms with Gasteiger partial charge in [-0.05, 0) is 48.1 Å². The minimum absolute atomic E-state index is 0.0740. The number of nitrogens with zero attached hydrogens (tertiary/aromatic N) is 2. The third-order valence-electron chi connectivity index (χ3n) is 5.55. The number of fused-ring (bicyclic) bond motifs is 1. The largest absolute Gasteiger partial charge is 0.493 e. The van der Waals surface area contributed by atoms with Crippen LogP contribution < -0.4 is 14.4 Å². The topological polar surface area (TPSA) is 71.4 Å². The van der Waals surface area contributed by atoms with E-state index in [-0.39, 0.29) is 5.91 Å². The van der Waals surface area contributed by atoms with Crippen LogP contribution in [0.1, 0.15) is 47.2 Å². The summed E-state index contributed by atoms with van der Waals surface area (Å²) in [5, 5.41) is 11.8. The Labute approximate surface area is 164 Å². The summed E-state index contributed by atoms with van der Waals surface area (Å²) in [7, 11) is 1.62. The Kier molecular flexibility index (Phi) is 5.19. The Bertz CT molecular complexity index is 903. The molecule has 2 aliphatic rings. The molecule has 1 saturated carbocycles. The molecule has 1 N–H and O–H groups in total. The molecule has 0 aromatic heterocycles. The number of ether oxygens (including phenoxy) is 2. The van der Waals surface area contributed by atoms with E-state index in [1.807, 2.05) is 30.3 Å². The van der Waals surface area contributed by atoms with Gasteiger partial charge in [0.1, 0.15) is 0 Å². The van der Waals surface area contributed by atoms with E-state index >= 15 is 0 Å². The molecule has 0 spiro atoms. The smallest absolute Gasteiger partial charge is 0.258 e. The van der Waals surface area contributed by atoms with Crippen LogP contribution in [-0.2, 0) is 6.54 Å². The van der Waals surface area contributed by atoms with Crippen LogP contribution in [0.25, 0.3) is 0 Å². The van der Waals surface area contributed by atoms with Gasteiger partial charge in [-0.15, -0.1) is 0 Å². The first-order valence-electron chi connectivity index (χ1n) is 9.62. The lowest BCUT2D eigenvalue weighted by molar-refractivity contribution is 0.0996. The van der Waals surface area contributed by atoms with Crippen molar-refractivity contribution in [1.82, 2.24) is 0 Å². The lowest BCUT2D eigenvalue weighted by Gasteiger charge is -2.19. The predicted octanol–water partition coefficient (Wildman–Crippen LogP) is 4.23. The van der Waals surface area contributed by atoms with Crippen LogP contribution in [0.4, 0.5) is 5.69 Å². The van der Waals surface area contributed by atoms with Crippen LogP contribution in [0.3, 0.4) is 0 Å². The Morgan fingerprint density at radius 3 is 2.75 bits per heavy atom. The molecule has 6 heteroatoms. The van der Waals surface area contributed by atoms with Gasteiger partial charge in [-0.2, -0.15) is 0 Å². The maximum absolute atomic E-state index is 12.9. The van der Waals surface area contributed by atoms with Gasteiger partial charge in [0.05, 0.1) is 26.5 Å². The van der Waals surface area contributed by atoms with Crippen molar-refractivity contribution in [2.75, 3.05) is 18.6 Å². The number of amides is 1. The van der Waals surface area contributed by atoms with E-state index in [4.69, 9.17) is 14.7 Å². The molecular formula is C22H24N2O4. The van der Waals surface area contributed by atoms with Crippen LogP contribution in [0, 0.1) is 5.92 Å². The fourth-order valence-corrected chi connectivity index (χ4v) is 4.00. The van der Waals surface area contributed by atoms with Crippen molar-refractivity contribution in [2.45, 2.75) is 32.2 Å². The third-order valence-corrected chi connectivity index (χ3v) is 5.55. The summed E-state index contributed by atoms with van der Waals surface area (Å²) in [6.45, 7) is 1.18. The molecule has 2 aromatic rings. The SMILES string of the molecule is COc1ccc(N2Cc3ccc(C=NO)cc3C2=O)cc1OCC1CCCC1. The van der Waals surface area contributed by atoms with Gasteiger partial charge >= 0.3 is 0 Å². The van der Waals surface area contributed by atoms with E-state index in [1.165, 1.54) is 31.9 Å². The quantitative estimate of drug-likeness (QED) is 0.462. The first-order chi connectivity index (χ1) is 13.7. The number of benzene rings is 2. The molecule has 146 valence electrons. The first kappa shape index (κ1) is 18.3. The van der Waals surface area contributed by atoms with Crippen LogP contribution >= 0.6 is 0 Å². The number of hydrogen-bond donors (Lipinski definition) is 1. The fraction of sp³-hybridized carbons (Fsp3) is 0.364. The fourth-order valence-electron chi connectivity index (χ4n) is 4.00. The van der Waals surface area contributed by atoms with Gasteiger partial charge in [0, 0.05) is 17.3 Å². The third kappa shape index (κ3) is 3.54. The molecule has 1 heterocycles. The molecule has 28 heavy (non-hydrogen) atoms. The summed E-state index contributed by atoms with van der Waals surface area (Å²) in [6, 6.07) is 11.1. The van der Waals surface area contributed by atoms with E-state index in [9.17, 15) is 4.79 Å². The van der Waals surface area contributed by atoms with Crippen LogP contribution in [0.5, 0.6) is 11.5 Å². The first-order valence-corrected chi connectivity index (χ1v) is 9.62. The van der Waals surface area contributed by atoms with E-state index in [2.05, 4.69) is 5.16 Å². The molecule has 4 rings (SSSR count). The van der Waals surface area contributed by atoms with Crippen molar-refractivity contribution < 1.29 is 19.5 Å². The molecule has 0 unspecified atom stereocenters. The van der Waals surface area contributed by atoms with Gasteiger partial charge in [-0.1, -0.05) is 30.1 Å². The molecule has 2 aromatic carbocycles. The number of rotatable bonds is 6. The molecule has 0 saturated heterocycles. The van der Waals surface area contributed by atoms with Crippen LogP contribution in [-0.4, -0.2) is 31.0 Å². The minimum atomic E-state index is -0.0740. The minimum Gasteiger partial charge on any atom is -0.493 e. The second-order valence-corrected chi connectivity index (χ2v) is 7.35. The highest BCUT2D eigenvalue weighted by atomic mass is 16.5. The normalized spacial score (nSPS) is 16.8. The van der Waals surface area contributed by atoms with Gasteiger partial charge in [0.25, 0.3) is 5.91 Å². The number of carbonyl (C=O) groups excluding carboxylic acids is 1. The van der Waals surface area contributed by atoms with Crippen molar-refractivity contribution in [2.24, 2.45) is 11.1 Å². The summed E-state index contributed by atoms with van der Waals surface area (Å²) in [5.41, 5.74) is 3.04. The highest BCUT2D eigenvalue weighted by molar-refractivity contribution is 6.10. The molecule has 0 radical (unpaired) electrons. The molecule has 1 fully saturated rings. The zero-order chi connectivity index (χ0) is 19.5. The van der Waals surface area contributed by atoms with Crippen molar-refractivity contribution in [3.63, 3.8) is 0 Å². The monoisotopic (exact) mass is 380 g/mol. The van der Waals surface area contributed by atoms with E-state index < -0.39 is 0 Å². The summed E-state index contributed by atoms with van der Waals surface area (Å²) < 4.78 is 11.5. The van der Waals surface area contributed by atoms with Crippen molar-refractivity contribution in [3.8, 4) is 11.5 Å². The molecule has 0 bridgehead atoms. The van der Waals surface area contributed by atoms with Crippen LogP contribution in [0.15, 0.2) is 41.6 Å². The molecular weight excluding hydrogens is 356 g/mol. The molecule has 1 aliphatic heterocycles. The lowest BCUT2D eigenvalue weighted by atomic mass is 10.1. The Hall–Kier alpha value is -3.02. The van der Waals surface area contributed by atoms with Gasteiger partial charge < -0.3 is 19.6 Å². The van der Waals surface area contributed by atoms with Gasteiger partial charge in [-0.3, -0.25) is 4.79 Å². The molecule has 1 aliphatic carbocycles. The summed E-state index contributed by atoms with van der Waals surface area (Å²) in [4.78, 5) is 14.7. The number of oxime groups is 1. The predicted molar refractivity (Wildman–Crippen MR) is 107 cm³/mol. The van der Waals surface area contributed by atoms with E-state index in [0.717, 1.165) is 11.3 Å². The Morgan fingerprint density at radius 1 is 1.18 bits per heavy atom. The highest BCUT2D eigenvalue weighted by Gasteiger charge is 2.29. The number of methoxy groups -OCH3 is 1. The molecule has 0 atom stereocenters. The van der Waals surface area contributed by atoms with E-state index in [1.54, 1.807) is 18.1 Å². The second kappa shape index (κ2) is 7.92. The van der Waals surface area contributed by atoms with Crippen molar-refractivity contribution in [1.29, 1.82) is 0 Å². The average Bonchev–Trinajstić information content (AvgIpc) is 3.35. The van der Waals surface area contributed by atoms with E-state index in [0.29, 0.717) is 41.7 Å². The summed E-state index contributed by atoms with van der Waals surface area (Å²) in [6.07, 6.45) is 6.28. The number of carbonyl (C=O) groups is 1. The van der Waals surface area contributed by atoms with Gasteiger partial charge in [0.2, 0.25) is 0 Å². The summed E-state index contributed by atoms with van der Waals surface area (Å²) in [5.74, 6) is 1.86. The average molecular weight is 380 g/mol. The van der Waals surface area contributed by atoms with Crippen LogP contribution in [0.2, 0.25) is 0 Å². The maximum atomic E-state index is 12.9. The number of hydrogen-bond acceptors (Lipinski definition) is 5. The Morgan fingerprint density at radius 2 is 2.00 bits per heavy atom. The maximum Gasteiger partial charge on any atom is 0.258 e. The van der Waals surface area contributed by atoms with Gasteiger partial charge in [-0.25, -0.2) is 0 Å². The summed E-state index contributed by atoms with van der Waals surface area (Å²) >= 11 is 0. The van der Waals surface area contributed by atoms with Crippen molar-refractivity contribution in [3.05, 3.63) is 53.1 Å². The zero-order valence-electron chi connectivity index (χ0n) is 15.9. The zero-order valence-corrected chi connectivity index (χ0v) is 15.9. The van der Waals surface area contributed by atoms with Gasteiger partial charge in [0.15, 0.2) is 11.5 Å².